The zero-order chi connectivity index (χ0) is 22.7. The number of nitriles is 1. The van der Waals surface area contributed by atoms with Gasteiger partial charge >= 0.3 is 0 Å². The van der Waals surface area contributed by atoms with Crippen LogP contribution in [0.4, 0.5) is 4.39 Å². The fraction of sp³-hybridized carbons (Fsp3) is 0.286. The summed E-state index contributed by atoms with van der Waals surface area (Å²) in [7, 11) is -3.16. The van der Waals surface area contributed by atoms with Crippen molar-refractivity contribution >= 4 is 32.7 Å². The number of sulfone groups is 1. The molecule has 2 atom stereocenters. The molecule has 0 bridgehead atoms. The number of hydrogen-bond acceptors (Lipinski definition) is 7. The van der Waals surface area contributed by atoms with Crippen LogP contribution in [0.15, 0.2) is 63.8 Å². The normalized spacial score (nSPS) is 23.2. The Morgan fingerprint density at radius 1 is 1.34 bits per heavy atom. The molecular formula is C21H19FN4O4S2. The quantitative estimate of drug-likeness (QED) is 0.504. The second-order valence-electron chi connectivity index (χ2n) is 7.38. The summed E-state index contributed by atoms with van der Waals surface area (Å²) in [6.45, 7) is 0.470. The summed E-state index contributed by atoms with van der Waals surface area (Å²) >= 11 is 1.31. The van der Waals surface area contributed by atoms with E-state index in [1.54, 1.807) is 24.3 Å². The van der Waals surface area contributed by atoms with Crippen LogP contribution in [0, 0.1) is 17.1 Å². The number of nitrogens with one attached hydrogen (secondary N) is 1. The van der Waals surface area contributed by atoms with E-state index in [2.05, 4.69) is 10.3 Å². The number of nitrogens with zero attached hydrogens (tertiary/aromatic N) is 3. The van der Waals surface area contributed by atoms with Crippen LogP contribution in [0.3, 0.4) is 0 Å². The molecule has 3 heterocycles. The fourth-order valence-electron chi connectivity index (χ4n) is 3.55. The third-order valence-corrected chi connectivity index (χ3v) is 8.38. The van der Waals surface area contributed by atoms with Crippen LogP contribution < -0.4 is 5.32 Å². The number of halogens is 1. The lowest BCUT2D eigenvalue weighted by molar-refractivity contribution is -0.117. The van der Waals surface area contributed by atoms with Crippen molar-refractivity contribution in [2.24, 2.45) is 4.99 Å². The van der Waals surface area contributed by atoms with Crippen LogP contribution >= 0.6 is 11.8 Å². The molecule has 2 saturated heterocycles. The molecule has 8 nitrogen and oxygen atoms in total. The van der Waals surface area contributed by atoms with Crippen LogP contribution in [-0.4, -0.2) is 47.2 Å². The predicted octanol–water partition coefficient (Wildman–Crippen LogP) is 2.21. The van der Waals surface area contributed by atoms with Crippen LogP contribution in [0.25, 0.3) is 0 Å². The first-order valence-corrected chi connectivity index (χ1v) is 12.4. The second kappa shape index (κ2) is 9.18. The number of rotatable bonds is 6. The summed E-state index contributed by atoms with van der Waals surface area (Å²) in [5, 5.41) is 12.3. The van der Waals surface area contributed by atoms with E-state index in [9.17, 15) is 22.9 Å². The number of benzene rings is 1. The van der Waals surface area contributed by atoms with Crippen molar-refractivity contribution in [1.29, 1.82) is 5.26 Å². The zero-order valence-corrected chi connectivity index (χ0v) is 18.4. The number of amides is 1. The molecule has 0 aliphatic carbocycles. The van der Waals surface area contributed by atoms with E-state index in [-0.39, 0.29) is 40.7 Å². The number of furan rings is 1. The molecule has 2 aliphatic rings. The van der Waals surface area contributed by atoms with E-state index in [0.29, 0.717) is 17.5 Å². The van der Waals surface area contributed by atoms with Crippen LogP contribution in [0.1, 0.15) is 11.3 Å². The van der Waals surface area contributed by atoms with E-state index in [0.717, 1.165) is 5.56 Å². The highest BCUT2D eigenvalue weighted by atomic mass is 32.2. The van der Waals surface area contributed by atoms with Gasteiger partial charge in [-0.1, -0.05) is 23.9 Å². The predicted molar refractivity (Wildman–Crippen MR) is 117 cm³/mol. The molecule has 2 aliphatic heterocycles. The summed E-state index contributed by atoms with van der Waals surface area (Å²) < 4.78 is 42.7. The number of carbonyl (C=O) groups is 1. The summed E-state index contributed by atoms with van der Waals surface area (Å²) in [6.07, 6.45) is 2.67. The lowest BCUT2D eigenvalue weighted by Gasteiger charge is -2.24. The first kappa shape index (κ1) is 22.1. The number of thioether (sulfide) groups is 1. The molecule has 1 N–H and O–H groups in total. The highest BCUT2D eigenvalue weighted by Gasteiger charge is 2.48. The average Bonchev–Trinajstić information content (AvgIpc) is 3.45. The minimum Gasteiger partial charge on any atom is -0.467 e. The Bertz CT molecular complexity index is 1200. The third kappa shape index (κ3) is 5.03. The van der Waals surface area contributed by atoms with Crippen molar-refractivity contribution in [3.63, 3.8) is 0 Å². The van der Waals surface area contributed by atoms with E-state index >= 15 is 0 Å². The standard InChI is InChI=1S/C21H19FN4O4S2/c22-16-5-3-14(4-6-16)11-26-18-12-32(28,29)13-19(18)31-21(26)25-9-15(8-23)20(27)24-10-17-2-1-7-30-17/h1-7,9,18-19H,10-13H2,(H,24,27)/b15-9+,25-21?/t18-,19-/m1/s1. The average molecular weight is 475 g/mol. The highest BCUT2D eigenvalue weighted by molar-refractivity contribution is 8.15. The molecule has 0 radical (unpaired) electrons. The van der Waals surface area contributed by atoms with Crippen molar-refractivity contribution in [3.8, 4) is 6.07 Å². The molecule has 1 aromatic carbocycles. The third-order valence-electron chi connectivity index (χ3n) is 5.11. The van der Waals surface area contributed by atoms with Gasteiger partial charge in [-0.25, -0.2) is 17.8 Å². The van der Waals surface area contributed by atoms with Gasteiger partial charge in [0.05, 0.1) is 36.6 Å². The maximum Gasteiger partial charge on any atom is 0.263 e. The van der Waals surface area contributed by atoms with Gasteiger partial charge in [-0.3, -0.25) is 4.79 Å². The smallest absolute Gasteiger partial charge is 0.263 e. The second-order valence-corrected chi connectivity index (χ2v) is 10.7. The number of fused-ring (bicyclic) bond motifs is 1. The topological polar surface area (TPSA) is 116 Å². The van der Waals surface area contributed by atoms with E-state index in [4.69, 9.17) is 4.42 Å². The summed E-state index contributed by atoms with van der Waals surface area (Å²) in [6, 6.07) is 10.9. The lowest BCUT2D eigenvalue weighted by atomic mass is 10.1. The summed E-state index contributed by atoms with van der Waals surface area (Å²) in [5.41, 5.74) is 0.612. The first-order chi connectivity index (χ1) is 15.3. The molecule has 4 rings (SSSR count). The molecule has 166 valence electrons. The number of amidine groups is 1. The first-order valence-electron chi connectivity index (χ1n) is 9.71. The maximum absolute atomic E-state index is 13.3. The molecule has 2 fully saturated rings. The lowest BCUT2D eigenvalue weighted by Crippen LogP contribution is -2.36. The van der Waals surface area contributed by atoms with E-state index < -0.39 is 15.7 Å². The molecule has 1 aromatic heterocycles. The zero-order valence-electron chi connectivity index (χ0n) is 16.8. The fourth-order valence-corrected chi connectivity index (χ4v) is 7.48. The van der Waals surface area contributed by atoms with Crippen molar-refractivity contribution in [2.75, 3.05) is 11.5 Å². The van der Waals surface area contributed by atoms with Gasteiger partial charge in [0.25, 0.3) is 5.91 Å². The van der Waals surface area contributed by atoms with Crippen LogP contribution in [-0.2, 0) is 27.7 Å². The van der Waals surface area contributed by atoms with Gasteiger partial charge in [0, 0.05) is 11.8 Å². The molecular weight excluding hydrogens is 455 g/mol. The van der Waals surface area contributed by atoms with E-state index in [1.165, 1.54) is 36.4 Å². The van der Waals surface area contributed by atoms with Gasteiger partial charge < -0.3 is 14.6 Å². The number of hydrogen-bond donors (Lipinski definition) is 1. The SMILES string of the molecule is N#C/C(=C\N=C1S[C@@H]2CS(=O)(=O)C[C@H]2N1Cc1ccc(F)cc1)C(=O)NCc1ccco1. The van der Waals surface area contributed by atoms with Gasteiger partial charge in [-0.05, 0) is 29.8 Å². The molecule has 32 heavy (non-hydrogen) atoms. The Morgan fingerprint density at radius 3 is 2.81 bits per heavy atom. The molecule has 0 spiro atoms. The van der Waals surface area contributed by atoms with Crippen molar-refractivity contribution in [3.05, 3.63) is 71.6 Å². The van der Waals surface area contributed by atoms with Gasteiger partial charge in [-0.2, -0.15) is 5.26 Å². The van der Waals surface area contributed by atoms with Gasteiger partial charge in [0.15, 0.2) is 15.0 Å². The number of carbonyl (C=O) groups excluding carboxylic acids is 1. The molecule has 0 saturated carbocycles. The van der Waals surface area contributed by atoms with E-state index in [1.807, 2.05) is 11.0 Å². The monoisotopic (exact) mass is 474 g/mol. The van der Waals surface area contributed by atoms with Crippen molar-refractivity contribution in [1.82, 2.24) is 10.2 Å². The minimum absolute atomic E-state index is 0.00331. The Labute approximate surface area is 188 Å². The molecule has 2 aromatic rings. The molecule has 11 heteroatoms. The van der Waals surface area contributed by atoms with Crippen LogP contribution in [0.5, 0.6) is 0 Å². The Hall–Kier alpha value is -3.10. The van der Waals surface area contributed by atoms with Crippen molar-refractivity contribution < 1.29 is 22.0 Å². The van der Waals surface area contributed by atoms with Gasteiger partial charge in [-0.15, -0.1) is 0 Å². The highest BCUT2D eigenvalue weighted by Crippen LogP contribution is 2.39. The largest absolute Gasteiger partial charge is 0.467 e. The maximum atomic E-state index is 13.3. The Balaban J connectivity index is 1.54. The number of aliphatic imine (C=N–C) groups is 1. The van der Waals surface area contributed by atoms with Gasteiger partial charge in [0.1, 0.15) is 23.2 Å². The summed E-state index contributed by atoms with van der Waals surface area (Å²) in [4.78, 5) is 18.5. The Morgan fingerprint density at radius 2 is 2.12 bits per heavy atom. The minimum atomic E-state index is -3.16. The van der Waals surface area contributed by atoms with Crippen LogP contribution in [0.2, 0.25) is 0 Å². The Kier molecular flexibility index (Phi) is 6.34. The van der Waals surface area contributed by atoms with Crippen molar-refractivity contribution in [2.45, 2.75) is 24.4 Å². The summed E-state index contributed by atoms with van der Waals surface area (Å²) in [5.74, 6) is -0.359. The van der Waals surface area contributed by atoms with Gasteiger partial charge in [0.2, 0.25) is 0 Å². The molecule has 1 amide bonds. The molecule has 0 unspecified atom stereocenters.